The Morgan fingerprint density at radius 3 is 2.75 bits per heavy atom. The SMILES string of the molecule is CNc1ncc(Cl)c(NCC(C)N(C)C)n1. The van der Waals surface area contributed by atoms with E-state index in [2.05, 4.69) is 32.4 Å². The Morgan fingerprint density at radius 2 is 2.19 bits per heavy atom. The summed E-state index contributed by atoms with van der Waals surface area (Å²) in [7, 11) is 5.84. The second-order valence-corrected chi connectivity index (χ2v) is 4.24. The molecule has 16 heavy (non-hydrogen) atoms. The van der Waals surface area contributed by atoms with Gasteiger partial charge in [-0.15, -0.1) is 0 Å². The van der Waals surface area contributed by atoms with Gasteiger partial charge >= 0.3 is 0 Å². The maximum Gasteiger partial charge on any atom is 0.224 e. The van der Waals surface area contributed by atoms with E-state index in [-0.39, 0.29) is 0 Å². The van der Waals surface area contributed by atoms with Gasteiger partial charge in [-0.1, -0.05) is 11.6 Å². The molecule has 1 atom stereocenters. The number of nitrogens with one attached hydrogen (secondary N) is 2. The van der Waals surface area contributed by atoms with E-state index in [9.17, 15) is 0 Å². The summed E-state index contributed by atoms with van der Waals surface area (Å²) in [6.45, 7) is 2.91. The van der Waals surface area contributed by atoms with Gasteiger partial charge in [0.05, 0.1) is 6.20 Å². The van der Waals surface area contributed by atoms with E-state index in [1.165, 1.54) is 0 Å². The number of aromatic nitrogens is 2. The molecule has 6 heteroatoms. The highest BCUT2D eigenvalue weighted by Gasteiger charge is 2.07. The van der Waals surface area contributed by atoms with Crippen molar-refractivity contribution in [2.75, 3.05) is 38.3 Å². The molecule has 0 amide bonds. The van der Waals surface area contributed by atoms with Gasteiger partial charge in [0.2, 0.25) is 5.95 Å². The van der Waals surface area contributed by atoms with Crippen LogP contribution in [0, 0.1) is 0 Å². The van der Waals surface area contributed by atoms with Gasteiger partial charge in [-0.2, -0.15) is 4.98 Å². The van der Waals surface area contributed by atoms with Crippen molar-refractivity contribution in [3.8, 4) is 0 Å². The van der Waals surface area contributed by atoms with Crippen molar-refractivity contribution in [2.45, 2.75) is 13.0 Å². The maximum absolute atomic E-state index is 5.99. The van der Waals surface area contributed by atoms with Crippen molar-refractivity contribution in [1.82, 2.24) is 14.9 Å². The number of hydrogen-bond acceptors (Lipinski definition) is 5. The van der Waals surface area contributed by atoms with Crippen LogP contribution in [0.25, 0.3) is 0 Å². The normalized spacial score (nSPS) is 12.6. The maximum atomic E-state index is 5.99. The molecule has 1 unspecified atom stereocenters. The number of rotatable bonds is 5. The molecule has 0 radical (unpaired) electrons. The zero-order valence-electron chi connectivity index (χ0n) is 10.1. The number of anilines is 2. The molecule has 90 valence electrons. The van der Waals surface area contributed by atoms with Crippen molar-refractivity contribution in [2.24, 2.45) is 0 Å². The Kier molecular flexibility index (Phi) is 4.76. The molecule has 0 spiro atoms. The zero-order valence-corrected chi connectivity index (χ0v) is 10.8. The number of likely N-dealkylation sites (N-methyl/N-ethyl adjacent to an activating group) is 1. The highest BCUT2D eigenvalue weighted by atomic mass is 35.5. The first kappa shape index (κ1) is 13.0. The molecule has 0 aliphatic rings. The van der Waals surface area contributed by atoms with E-state index in [4.69, 9.17) is 11.6 Å². The van der Waals surface area contributed by atoms with Crippen LogP contribution in [0.1, 0.15) is 6.92 Å². The lowest BCUT2D eigenvalue weighted by Gasteiger charge is -2.20. The average molecular weight is 244 g/mol. The van der Waals surface area contributed by atoms with E-state index in [1.807, 2.05) is 14.1 Å². The molecule has 1 heterocycles. The van der Waals surface area contributed by atoms with Gasteiger partial charge in [0, 0.05) is 19.6 Å². The summed E-state index contributed by atoms with van der Waals surface area (Å²) in [6, 6.07) is 0.407. The van der Waals surface area contributed by atoms with Crippen molar-refractivity contribution in [3.63, 3.8) is 0 Å². The van der Waals surface area contributed by atoms with Crippen LogP contribution < -0.4 is 10.6 Å². The lowest BCUT2D eigenvalue weighted by atomic mass is 10.3. The van der Waals surface area contributed by atoms with E-state index in [0.29, 0.717) is 22.8 Å². The Bertz CT molecular complexity index is 342. The van der Waals surface area contributed by atoms with Crippen LogP contribution in [0.15, 0.2) is 6.20 Å². The summed E-state index contributed by atoms with van der Waals surface area (Å²) < 4.78 is 0. The monoisotopic (exact) mass is 243 g/mol. The zero-order chi connectivity index (χ0) is 12.1. The Morgan fingerprint density at radius 1 is 1.50 bits per heavy atom. The fourth-order valence-corrected chi connectivity index (χ4v) is 1.20. The van der Waals surface area contributed by atoms with E-state index < -0.39 is 0 Å². The van der Waals surface area contributed by atoms with Crippen molar-refractivity contribution in [1.29, 1.82) is 0 Å². The number of hydrogen-bond donors (Lipinski definition) is 2. The summed E-state index contributed by atoms with van der Waals surface area (Å²) in [5.41, 5.74) is 0. The van der Waals surface area contributed by atoms with Crippen molar-refractivity contribution in [3.05, 3.63) is 11.2 Å². The summed E-state index contributed by atoms with van der Waals surface area (Å²) in [6.07, 6.45) is 1.59. The van der Waals surface area contributed by atoms with Crippen LogP contribution >= 0.6 is 11.6 Å². The molecule has 1 aromatic heterocycles. The smallest absolute Gasteiger partial charge is 0.224 e. The van der Waals surface area contributed by atoms with Crippen molar-refractivity contribution >= 4 is 23.4 Å². The topological polar surface area (TPSA) is 53.1 Å². The standard InChI is InChI=1S/C10H18ClN5/c1-7(16(3)4)5-13-9-8(11)6-14-10(12-2)15-9/h6-7H,5H2,1-4H3,(H2,12,13,14,15). The van der Waals surface area contributed by atoms with E-state index in [1.54, 1.807) is 13.2 Å². The molecule has 0 bridgehead atoms. The van der Waals surface area contributed by atoms with Gasteiger partial charge in [0.15, 0.2) is 5.82 Å². The van der Waals surface area contributed by atoms with Gasteiger partial charge in [0.25, 0.3) is 0 Å². The van der Waals surface area contributed by atoms with Gasteiger partial charge in [-0.05, 0) is 21.0 Å². The molecule has 0 aromatic carbocycles. The molecule has 1 rings (SSSR count). The Balaban J connectivity index is 2.65. The molecule has 0 aliphatic heterocycles. The lowest BCUT2D eigenvalue weighted by molar-refractivity contribution is 0.326. The first-order valence-electron chi connectivity index (χ1n) is 5.15. The predicted octanol–water partition coefficient (Wildman–Crippen LogP) is 1.53. The highest BCUT2D eigenvalue weighted by Crippen LogP contribution is 2.19. The van der Waals surface area contributed by atoms with Gasteiger partial charge < -0.3 is 15.5 Å². The summed E-state index contributed by atoms with van der Waals surface area (Å²) in [5.74, 6) is 1.22. The van der Waals surface area contributed by atoms with E-state index in [0.717, 1.165) is 6.54 Å². The predicted molar refractivity (Wildman–Crippen MR) is 68.2 cm³/mol. The Labute approximate surface area is 101 Å². The minimum absolute atomic E-state index is 0.407. The van der Waals surface area contributed by atoms with Gasteiger partial charge in [-0.25, -0.2) is 4.98 Å². The minimum atomic E-state index is 0.407. The molecule has 2 N–H and O–H groups in total. The Hall–Kier alpha value is -1.07. The summed E-state index contributed by atoms with van der Waals surface area (Å²) in [4.78, 5) is 10.4. The molecular formula is C10H18ClN5. The summed E-state index contributed by atoms with van der Waals surface area (Å²) >= 11 is 5.99. The summed E-state index contributed by atoms with van der Waals surface area (Å²) in [5, 5.41) is 6.61. The fourth-order valence-electron chi connectivity index (χ4n) is 1.04. The minimum Gasteiger partial charge on any atom is -0.367 e. The van der Waals surface area contributed by atoms with Crippen LogP contribution in [0.5, 0.6) is 0 Å². The van der Waals surface area contributed by atoms with Crippen LogP contribution in [-0.2, 0) is 0 Å². The average Bonchev–Trinajstić information content (AvgIpc) is 2.27. The second kappa shape index (κ2) is 5.86. The quantitative estimate of drug-likeness (QED) is 0.822. The number of nitrogens with zero attached hydrogens (tertiary/aromatic N) is 3. The molecule has 0 saturated carbocycles. The molecular weight excluding hydrogens is 226 g/mol. The highest BCUT2D eigenvalue weighted by molar-refractivity contribution is 6.32. The van der Waals surface area contributed by atoms with Crippen molar-refractivity contribution < 1.29 is 0 Å². The largest absolute Gasteiger partial charge is 0.367 e. The first-order valence-corrected chi connectivity index (χ1v) is 5.53. The third-order valence-electron chi connectivity index (χ3n) is 2.41. The fraction of sp³-hybridized carbons (Fsp3) is 0.600. The first-order chi connectivity index (χ1) is 7.54. The third kappa shape index (κ3) is 3.50. The molecule has 5 nitrogen and oxygen atoms in total. The molecule has 0 saturated heterocycles. The molecule has 0 aliphatic carbocycles. The molecule has 1 aromatic rings. The van der Waals surface area contributed by atoms with E-state index >= 15 is 0 Å². The second-order valence-electron chi connectivity index (χ2n) is 3.83. The van der Waals surface area contributed by atoms with Gasteiger partial charge in [0.1, 0.15) is 5.02 Å². The van der Waals surface area contributed by atoms with Crippen LogP contribution in [0.3, 0.4) is 0 Å². The van der Waals surface area contributed by atoms with Crippen LogP contribution in [-0.4, -0.2) is 48.6 Å². The van der Waals surface area contributed by atoms with Crippen LogP contribution in [0.4, 0.5) is 11.8 Å². The molecule has 0 fully saturated rings. The number of halogens is 1. The van der Waals surface area contributed by atoms with Crippen LogP contribution in [0.2, 0.25) is 5.02 Å². The third-order valence-corrected chi connectivity index (χ3v) is 2.69. The van der Waals surface area contributed by atoms with Gasteiger partial charge in [-0.3, -0.25) is 0 Å². The lowest BCUT2D eigenvalue weighted by Crippen LogP contribution is -2.31.